The minimum absolute atomic E-state index is 0.117. The van der Waals surface area contributed by atoms with Crippen molar-refractivity contribution in [3.8, 4) is 0 Å². The van der Waals surface area contributed by atoms with Gasteiger partial charge in [0.25, 0.3) is 21.6 Å². The van der Waals surface area contributed by atoms with E-state index in [2.05, 4.69) is 4.18 Å². The summed E-state index contributed by atoms with van der Waals surface area (Å²) in [6.45, 7) is 7.14. The lowest BCUT2D eigenvalue weighted by molar-refractivity contribution is -0.146. The van der Waals surface area contributed by atoms with Crippen LogP contribution in [0.15, 0.2) is 0 Å². The number of carbonyl (C=O) groups is 1. The molecular weight excluding hydrogens is 291 g/mol. The Labute approximate surface area is 115 Å². The monoisotopic (exact) mass is 313 g/mol. The molecule has 2 atom stereocenters. The summed E-state index contributed by atoms with van der Waals surface area (Å²) in [6.07, 6.45) is 0.713. The Bertz CT molecular complexity index is 430. The molecule has 19 heavy (non-hydrogen) atoms. The van der Waals surface area contributed by atoms with Crippen LogP contribution in [0.4, 0.5) is 0 Å². The Balaban J connectivity index is 5.02. The third kappa shape index (κ3) is 6.45. The summed E-state index contributed by atoms with van der Waals surface area (Å²) in [5, 5.41) is -1.23. The van der Waals surface area contributed by atoms with Crippen LogP contribution in [0.3, 0.4) is 0 Å². The van der Waals surface area contributed by atoms with Gasteiger partial charge in [0.2, 0.25) is 0 Å². The standard InChI is InChI=1S/C11H22O6PS/c1-6-16-10(12)11(4,7-9(2)3)18(13)8-17-19(5,14)15/h9H,6-8H2,1-5H3/q+1. The zero-order valence-electron chi connectivity index (χ0n) is 12.0. The molecule has 0 saturated heterocycles. The van der Waals surface area contributed by atoms with Gasteiger partial charge in [0.05, 0.1) is 12.9 Å². The highest BCUT2D eigenvalue weighted by atomic mass is 32.2. The third-order valence-corrected chi connectivity index (χ3v) is 5.01. The summed E-state index contributed by atoms with van der Waals surface area (Å²) >= 11 is 0. The molecule has 0 aromatic heterocycles. The van der Waals surface area contributed by atoms with E-state index in [-0.39, 0.29) is 12.5 Å². The van der Waals surface area contributed by atoms with Crippen LogP contribution >= 0.6 is 7.80 Å². The van der Waals surface area contributed by atoms with Gasteiger partial charge < -0.3 is 4.74 Å². The van der Waals surface area contributed by atoms with Crippen molar-refractivity contribution in [3.63, 3.8) is 0 Å². The second kappa shape index (κ2) is 7.31. The van der Waals surface area contributed by atoms with E-state index >= 15 is 0 Å². The molecule has 0 amide bonds. The molecule has 112 valence electrons. The number of hydrogen-bond acceptors (Lipinski definition) is 6. The highest BCUT2D eigenvalue weighted by Gasteiger charge is 2.53. The molecule has 0 aliphatic carbocycles. The lowest BCUT2D eigenvalue weighted by Crippen LogP contribution is -2.36. The van der Waals surface area contributed by atoms with Crippen molar-refractivity contribution >= 4 is 23.9 Å². The molecule has 0 aliphatic heterocycles. The Morgan fingerprint density at radius 3 is 2.26 bits per heavy atom. The van der Waals surface area contributed by atoms with Crippen molar-refractivity contribution in [2.24, 2.45) is 5.92 Å². The molecule has 0 bridgehead atoms. The van der Waals surface area contributed by atoms with Crippen LogP contribution in [0, 0.1) is 5.92 Å². The second-order valence-corrected chi connectivity index (χ2v) is 8.57. The van der Waals surface area contributed by atoms with E-state index in [0.717, 1.165) is 6.26 Å². The maximum atomic E-state index is 12.2. The molecular formula is C11H22O6PS+. The first-order valence-electron chi connectivity index (χ1n) is 5.99. The maximum absolute atomic E-state index is 12.2. The second-order valence-electron chi connectivity index (χ2n) is 4.92. The van der Waals surface area contributed by atoms with E-state index in [1.807, 2.05) is 13.8 Å². The topological polar surface area (TPSA) is 86.7 Å². The van der Waals surface area contributed by atoms with Crippen molar-refractivity contribution in [1.82, 2.24) is 0 Å². The molecule has 0 rings (SSSR count). The zero-order chi connectivity index (χ0) is 15.3. The number of esters is 1. The SMILES string of the molecule is CCOC(=O)C(C)(CC(C)C)[P+](=O)COS(C)(=O)=O. The van der Waals surface area contributed by atoms with Crippen LogP contribution in [0.25, 0.3) is 0 Å². The van der Waals surface area contributed by atoms with E-state index in [4.69, 9.17) is 4.74 Å². The average molecular weight is 313 g/mol. The van der Waals surface area contributed by atoms with E-state index in [1.54, 1.807) is 6.92 Å². The molecule has 0 heterocycles. The lowest BCUT2D eigenvalue weighted by atomic mass is 9.98. The molecule has 0 radical (unpaired) electrons. The van der Waals surface area contributed by atoms with Gasteiger partial charge in [0.1, 0.15) is 0 Å². The van der Waals surface area contributed by atoms with Crippen LogP contribution in [-0.2, 0) is 28.4 Å². The van der Waals surface area contributed by atoms with Gasteiger partial charge in [-0.25, -0.2) is 8.98 Å². The lowest BCUT2D eigenvalue weighted by Gasteiger charge is -2.19. The van der Waals surface area contributed by atoms with Crippen LogP contribution in [0.5, 0.6) is 0 Å². The van der Waals surface area contributed by atoms with E-state index in [0.29, 0.717) is 6.42 Å². The highest BCUT2D eigenvalue weighted by Crippen LogP contribution is 2.44. The summed E-state index contributed by atoms with van der Waals surface area (Å²) in [4.78, 5) is 12.0. The van der Waals surface area contributed by atoms with Crippen LogP contribution in [0.2, 0.25) is 0 Å². The molecule has 0 spiro atoms. The van der Waals surface area contributed by atoms with E-state index in [9.17, 15) is 17.8 Å². The number of carbonyl (C=O) groups excluding carboxylic acids is 1. The molecule has 0 saturated carbocycles. The first-order chi connectivity index (χ1) is 8.53. The molecule has 0 fully saturated rings. The fourth-order valence-corrected chi connectivity index (χ4v) is 3.93. The largest absolute Gasteiger partial charge is 0.462 e. The minimum atomic E-state index is -3.68. The highest BCUT2D eigenvalue weighted by molar-refractivity contribution is 7.86. The van der Waals surface area contributed by atoms with Crippen molar-refractivity contribution in [2.45, 2.75) is 39.3 Å². The van der Waals surface area contributed by atoms with Crippen molar-refractivity contribution in [3.05, 3.63) is 0 Å². The first-order valence-corrected chi connectivity index (χ1v) is 9.25. The predicted octanol–water partition coefficient (Wildman–Crippen LogP) is 2.12. The molecule has 0 aromatic carbocycles. The van der Waals surface area contributed by atoms with Gasteiger partial charge in [-0.3, -0.25) is 0 Å². The van der Waals surface area contributed by atoms with Gasteiger partial charge >= 0.3 is 13.8 Å². The van der Waals surface area contributed by atoms with Crippen LogP contribution in [-0.4, -0.2) is 38.8 Å². The first kappa shape index (κ1) is 18.5. The van der Waals surface area contributed by atoms with Gasteiger partial charge in [0, 0.05) is 6.42 Å². The van der Waals surface area contributed by atoms with Gasteiger partial charge in [-0.05, 0) is 19.8 Å². The van der Waals surface area contributed by atoms with Gasteiger partial charge in [-0.2, -0.15) is 8.42 Å². The van der Waals surface area contributed by atoms with Crippen LogP contribution < -0.4 is 0 Å². The maximum Gasteiger partial charge on any atom is 0.385 e. The quantitative estimate of drug-likeness (QED) is 0.387. The molecule has 8 heteroatoms. The zero-order valence-corrected chi connectivity index (χ0v) is 13.7. The van der Waals surface area contributed by atoms with E-state index < -0.39 is 35.4 Å². The third-order valence-electron chi connectivity index (χ3n) is 2.46. The normalized spacial score (nSPS) is 16.0. The van der Waals surface area contributed by atoms with Gasteiger partial charge in [-0.1, -0.05) is 18.4 Å². The Hall–Kier alpha value is -0.520. The molecule has 2 unspecified atom stereocenters. The van der Waals surface area contributed by atoms with Gasteiger partial charge in [-0.15, -0.1) is 0 Å². The smallest absolute Gasteiger partial charge is 0.385 e. The summed E-state index contributed by atoms with van der Waals surface area (Å²) in [7, 11) is -5.88. The fourth-order valence-electron chi connectivity index (χ4n) is 1.65. The van der Waals surface area contributed by atoms with Crippen molar-refractivity contribution < 1.29 is 26.7 Å². The molecule has 0 aliphatic rings. The minimum Gasteiger partial charge on any atom is -0.462 e. The van der Waals surface area contributed by atoms with Crippen LogP contribution in [0.1, 0.15) is 34.1 Å². The number of rotatable bonds is 8. The van der Waals surface area contributed by atoms with E-state index in [1.165, 1.54) is 6.92 Å². The summed E-state index contributed by atoms with van der Waals surface area (Å²) < 4.78 is 43.5. The Kier molecular flexibility index (Phi) is 7.11. The Morgan fingerprint density at radius 1 is 1.37 bits per heavy atom. The van der Waals surface area contributed by atoms with Crippen molar-refractivity contribution in [1.29, 1.82) is 0 Å². The number of ether oxygens (including phenoxy) is 1. The predicted molar refractivity (Wildman–Crippen MR) is 72.9 cm³/mol. The summed E-state index contributed by atoms with van der Waals surface area (Å²) in [6, 6.07) is 0. The molecule has 0 N–H and O–H groups in total. The summed E-state index contributed by atoms with van der Waals surface area (Å²) in [5.41, 5.74) is 0. The van der Waals surface area contributed by atoms with Gasteiger partial charge in [0.15, 0.2) is 0 Å². The average Bonchev–Trinajstić information content (AvgIpc) is 2.23. The number of hydrogen-bond donors (Lipinski definition) is 0. The molecule has 6 nitrogen and oxygen atoms in total. The molecule has 0 aromatic rings. The Morgan fingerprint density at radius 2 is 1.89 bits per heavy atom. The van der Waals surface area contributed by atoms with Crippen molar-refractivity contribution in [2.75, 3.05) is 19.2 Å². The summed E-state index contributed by atoms with van der Waals surface area (Å²) in [5.74, 6) is -0.464. The fraction of sp³-hybridized carbons (Fsp3) is 0.909.